The summed E-state index contributed by atoms with van der Waals surface area (Å²) in [6, 6.07) is 0. The molecule has 1 amide bonds. The normalized spacial score (nSPS) is 18.4. The number of hydrogen-bond acceptors (Lipinski definition) is 1. The zero-order valence-corrected chi connectivity index (χ0v) is 11.4. The summed E-state index contributed by atoms with van der Waals surface area (Å²) in [6.45, 7) is 2.01. The van der Waals surface area contributed by atoms with Crippen molar-refractivity contribution in [1.82, 2.24) is 5.32 Å². The number of rotatable bonds is 5. The molecule has 4 heteroatoms. The SMILES string of the molecule is CCC(CCl)(CCl)NC(=O)C1CCCCC1. The zero-order chi connectivity index (χ0) is 12.0. The second-order valence-corrected chi connectivity index (χ2v) is 5.26. The van der Waals surface area contributed by atoms with Crippen molar-refractivity contribution in [3.63, 3.8) is 0 Å². The standard InChI is InChI=1S/C12H21Cl2NO/c1-2-12(8-13,9-14)15-11(16)10-6-4-3-5-7-10/h10H,2-9H2,1H3,(H,15,16). The van der Waals surface area contributed by atoms with Crippen molar-refractivity contribution in [3.05, 3.63) is 0 Å². The fourth-order valence-corrected chi connectivity index (χ4v) is 2.91. The second-order valence-electron chi connectivity index (χ2n) is 4.73. The van der Waals surface area contributed by atoms with Crippen LogP contribution < -0.4 is 5.32 Å². The van der Waals surface area contributed by atoms with Gasteiger partial charge in [0.15, 0.2) is 0 Å². The van der Waals surface area contributed by atoms with Gasteiger partial charge in [0.1, 0.15) is 0 Å². The van der Waals surface area contributed by atoms with Crippen molar-refractivity contribution in [2.45, 2.75) is 51.0 Å². The van der Waals surface area contributed by atoms with Crippen LogP contribution in [0.15, 0.2) is 0 Å². The van der Waals surface area contributed by atoms with Crippen molar-refractivity contribution in [3.8, 4) is 0 Å². The molecule has 2 nitrogen and oxygen atoms in total. The van der Waals surface area contributed by atoms with E-state index >= 15 is 0 Å². The van der Waals surface area contributed by atoms with Crippen molar-refractivity contribution in [2.75, 3.05) is 11.8 Å². The minimum Gasteiger partial charge on any atom is -0.348 e. The Hall–Kier alpha value is 0.0500. The Bertz CT molecular complexity index is 215. The van der Waals surface area contributed by atoms with Crippen molar-refractivity contribution < 1.29 is 4.79 Å². The molecule has 1 saturated carbocycles. The van der Waals surface area contributed by atoms with Crippen LogP contribution in [0.2, 0.25) is 0 Å². The van der Waals surface area contributed by atoms with E-state index in [9.17, 15) is 4.79 Å². The first-order valence-corrected chi connectivity index (χ1v) is 7.18. The first kappa shape index (κ1) is 14.1. The highest BCUT2D eigenvalue weighted by Crippen LogP contribution is 2.25. The molecule has 0 saturated heterocycles. The molecule has 0 heterocycles. The summed E-state index contributed by atoms with van der Waals surface area (Å²) >= 11 is 11.8. The third-order valence-corrected chi connectivity index (χ3v) is 4.58. The molecule has 0 unspecified atom stereocenters. The lowest BCUT2D eigenvalue weighted by molar-refractivity contribution is -0.127. The van der Waals surface area contributed by atoms with E-state index in [1.807, 2.05) is 6.92 Å². The van der Waals surface area contributed by atoms with Gasteiger partial charge in [0, 0.05) is 17.7 Å². The number of halogens is 2. The highest BCUT2D eigenvalue weighted by Gasteiger charge is 2.31. The maximum atomic E-state index is 12.1. The van der Waals surface area contributed by atoms with Crippen LogP contribution in [0.1, 0.15) is 45.4 Å². The summed E-state index contributed by atoms with van der Waals surface area (Å²) in [5.74, 6) is 1.07. The number of hydrogen-bond donors (Lipinski definition) is 1. The monoisotopic (exact) mass is 265 g/mol. The molecule has 94 valence electrons. The molecule has 0 bridgehead atoms. The van der Waals surface area contributed by atoms with E-state index in [0.717, 1.165) is 19.3 Å². The van der Waals surface area contributed by atoms with E-state index in [0.29, 0.717) is 11.8 Å². The van der Waals surface area contributed by atoms with Crippen LogP contribution in [0.4, 0.5) is 0 Å². The molecule has 1 aliphatic carbocycles. The Kier molecular flexibility index (Phi) is 5.91. The number of nitrogens with one attached hydrogen (secondary N) is 1. The third kappa shape index (κ3) is 3.53. The maximum Gasteiger partial charge on any atom is 0.223 e. The lowest BCUT2D eigenvalue weighted by Gasteiger charge is -2.32. The molecule has 0 aromatic rings. The van der Waals surface area contributed by atoms with E-state index in [1.54, 1.807) is 0 Å². The lowest BCUT2D eigenvalue weighted by atomic mass is 9.87. The average molecular weight is 266 g/mol. The Morgan fingerprint density at radius 1 is 1.25 bits per heavy atom. The summed E-state index contributed by atoms with van der Waals surface area (Å²) in [5, 5.41) is 3.05. The van der Waals surface area contributed by atoms with Crippen LogP contribution in [0.5, 0.6) is 0 Å². The first-order valence-electron chi connectivity index (χ1n) is 6.11. The van der Waals surface area contributed by atoms with Gasteiger partial charge in [-0.3, -0.25) is 4.79 Å². The Labute approximate surface area is 108 Å². The van der Waals surface area contributed by atoms with Gasteiger partial charge >= 0.3 is 0 Å². The molecule has 0 spiro atoms. The minimum absolute atomic E-state index is 0.142. The fourth-order valence-electron chi connectivity index (χ4n) is 2.11. The number of carbonyl (C=O) groups excluding carboxylic acids is 1. The largest absolute Gasteiger partial charge is 0.348 e. The van der Waals surface area contributed by atoms with E-state index in [-0.39, 0.29) is 11.8 Å². The molecule has 0 aromatic carbocycles. The smallest absolute Gasteiger partial charge is 0.223 e. The summed E-state index contributed by atoms with van der Waals surface area (Å²) < 4.78 is 0. The van der Waals surface area contributed by atoms with Crippen LogP contribution in [0.3, 0.4) is 0 Å². The predicted molar refractivity (Wildman–Crippen MR) is 69.2 cm³/mol. The topological polar surface area (TPSA) is 29.1 Å². The number of amides is 1. The van der Waals surface area contributed by atoms with Crippen LogP contribution in [0.25, 0.3) is 0 Å². The quantitative estimate of drug-likeness (QED) is 0.760. The van der Waals surface area contributed by atoms with Gasteiger partial charge in [-0.2, -0.15) is 0 Å². The second kappa shape index (κ2) is 6.70. The third-order valence-electron chi connectivity index (χ3n) is 3.55. The molecule has 1 fully saturated rings. The van der Waals surface area contributed by atoms with Gasteiger partial charge in [-0.1, -0.05) is 26.2 Å². The average Bonchev–Trinajstić information content (AvgIpc) is 2.37. The Morgan fingerprint density at radius 2 is 1.81 bits per heavy atom. The Morgan fingerprint density at radius 3 is 2.25 bits per heavy atom. The first-order chi connectivity index (χ1) is 7.67. The van der Waals surface area contributed by atoms with Gasteiger partial charge in [-0.05, 0) is 19.3 Å². The molecule has 16 heavy (non-hydrogen) atoms. The van der Waals surface area contributed by atoms with E-state index < -0.39 is 5.54 Å². The van der Waals surface area contributed by atoms with Gasteiger partial charge in [0.2, 0.25) is 5.91 Å². The highest BCUT2D eigenvalue weighted by atomic mass is 35.5. The van der Waals surface area contributed by atoms with Crippen LogP contribution in [-0.2, 0) is 4.79 Å². The molecular weight excluding hydrogens is 245 g/mol. The summed E-state index contributed by atoms with van der Waals surface area (Å²) in [6.07, 6.45) is 6.39. The summed E-state index contributed by atoms with van der Waals surface area (Å²) in [5.41, 5.74) is -0.419. The Balaban J connectivity index is 2.53. The van der Waals surface area contributed by atoms with Crippen LogP contribution >= 0.6 is 23.2 Å². The van der Waals surface area contributed by atoms with Gasteiger partial charge < -0.3 is 5.32 Å². The van der Waals surface area contributed by atoms with Crippen molar-refractivity contribution >= 4 is 29.1 Å². The van der Waals surface area contributed by atoms with Gasteiger partial charge in [0.25, 0.3) is 0 Å². The van der Waals surface area contributed by atoms with Gasteiger partial charge in [-0.25, -0.2) is 0 Å². The van der Waals surface area contributed by atoms with Gasteiger partial charge in [-0.15, -0.1) is 23.2 Å². The predicted octanol–water partition coefficient (Wildman–Crippen LogP) is 3.31. The molecule has 1 N–H and O–H groups in total. The van der Waals surface area contributed by atoms with Crippen molar-refractivity contribution in [1.29, 1.82) is 0 Å². The maximum absolute atomic E-state index is 12.1. The summed E-state index contributed by atoms with van der Waals surface area (Å²) in [4.78, 5) is 12.1. The van der Waals surface area contributed by atoms with E-state index in [2.05, 4.69) is 5.32 Å². The van der Waals surface area contributed by atoms with E-state index in [4.69, 9.17) is 23.2 Å². The molecule has 0 aromatic heterocycles. The number of carbonyl (C=O) groups is 1. The lowest BCUT2D eigenvalue weighted by Crippen LogP contribution is -2.53. The molecule has 0 atom stereocenters. The van der Waals surface area contributed by atoms with Crippen LogP contribution in [-0.4, -0.2) is 23.2 Å². The van der Waals surface area contributed by atoms with E-state index in [1.165, 1.54) is 19.3 Å². The zero-order valence-electron chi connectivity index (χ0n) is 9.90. The molecule has 0 aliphatic heterocycles. The fraction of sp³-hybridized carbons (Fsp3) is 0.917. The molecule has 1 aliphatic rings. The van der Waals surface area contributed by atoms with Crippen LogP contribution in [0, 0.1) is 5.92 Å². The highest BCUT2D eigenvalue weighted by molar-refractivity contribution is 6.22. The molecular formula is C12H21Cl2NO. The molecule has 0 radical (unpaired) electrons. The summed E-state index contributed by atoms with van der Waals surface area (Å²) in [7, 11) is 0. The number of alkyl halides is 2. The molecule has 1 rings (SSSR count). The minimum atomic E-state index is -0.419. The van der Waals surface area contributed by atoms with Gasteiger partial charge in [0.05, 0.1) is 5.54 Å². The van der Waals surface area contributed by atoms with Crippen molar-refractivity contribution in [2.24, 2.45) is 5.92 Å².